The van der Waals surface area contributed by atoms with E-state index < -0.39 is 10.0 Å². The predicted octanol–water partition coefficient (Wildman–Crippen LogP) is 4.76. The van der Waals surface area contributed by atoms with Gasteiger partial charge in [-0.15, -0.1) is 0 Å². The summed E-state index contributed by atoms with van der Waals surface area (Å²) in [7, 11) is -3.61. The molecule has 1 N–H and O–H groups in total. The summed E-state index contributed by atoms with van der Waals surface area (Å²) in [6.45, 7) is 6.15. The Morgan fingerprint density at radius 3 is 2.23 bits per heavy atom. The number of rotatable bonds is 7. The number of amides is 1. The fourth-order valence-electron chi connectivity index (χ4n) is 3.41. The molecule has 0 saturated heterocycles. The van der Waals surface area contributed by atoms with Gasteiger partial charge in [-0.25, -0.2) is 8.42 Å². The lowest BCUT2D eigenvalue weighted by atomic mass is 10.0. The molecule has 3 rings (SSSR count). The lowest BCUT2D eigenvalue weighted by Gasteiger charge is -2.25. The number of nitrogens with one attached hydrogen (secondary N) is 1. The van der Waals surface area contributed by atoms with Gasteiger partial charge in [-0.05, 0) is 55.2 Å². The Morgan fingerprint density at radius 2 is 1.58 bits per heavy atom. The molecule has 0 aliphatic carbocycles. The largest absolute Gasteiger partial charge is 0.345 e. The molecule has 0 aliphatic heterocycles. The van der Waals surface area contributed by atoms with Gasteiger partial charge in [-0.3, -0.25) is 9.10 Å². The van der Waals surface area contributed by atoms with Crippen LogP contribution in [0, 0.1) is 13.8 Å². The van der Waals surface area contributed by atoms with Crippen LogP contribution in [0.1, 0.15) is 45.6 Å². The van der Waals surface area contributed by atoms with Gasteiger partial charge in [0, 0.05) is 0 Å². The Balaban J connectivity index is 1.91. The van der Waals surface area contributed by atoms with E-state index in [0.29, 0.717) is 11.3 Å². The standard InChI is InChI=1S/C25H28N2O3S/c1-18-14-15-22(16-19(18)2)20(3)26-25(28)23-12-8-9-13-24(23)27(31(4,29)30)17-21-10-6-5-7-11-21/h5-16,20H,17H2,1-4H3,(H,26,28). The Bertz CT molecular complexity index is 1170. The van der Waals surface area contributed by atoms with Crippen LogP contribution >= 0.6 is 0 Å². The fraction of sp³-hybridized carbons (Fsp3) is 0.240. The van der Waals surface area contributed by atoms with Crippen molar-refractivity contribution in [1.82, 2.24) is 5.32 Å². The molecule has 0 aliphatic rings. The summed E-state index contributed by atoms with van der Waals surface area (Å²) < 4.78 is 26.5. The van der Waals surface area contributed by atoms with E-state index in [4.69, 9.17) is 0 Å². The van der Waals surface area contributed by atoms with E-state index in [-0.39, 0.29) is 18.5 Å². The lowest BCUT2D eigenvalue weighted by Crippen LogP contribution is -2.33. The molecule has 0 radical (unpaired) electrons. The minimum atomic E-state index is -3.61. The molecule has 1 amide bonds. The maximum Gasteiger partial charge on any atom is 0.253 e. The second-order valence-electron chi connectivity index (χ2n) is 7.81. The number of sulfonamides is 1. The van der Waals surface area contributed by atoms with Crippen molar-refractivity contribution in [2.45, 2.75) is 33.4 Å². The first-order valence-electron chi connectivity index (χ1n) is 10.2. The number of hydrogen-bond donors (Lipinski definition) is 1. The Morgan fingerprint density at radius 1 is 0.935 bits per heavy atom. The summed E-state index contributed by atoms with van der Waals surface area (Å²) in [6, 6.07) is 22.0. The smallest absolute Gasteiger partial charge is 0.253 e. The Hall–Kier alpha value is -3.12. The molecule has 1 atom stereocenters. The van der Waals surface area contributed by atoms with E-state index in [9.17, 15) is 13.2 Å². The quantitative estimate of drug-likeness (QED) is 0.581. The highest BCUT2D eigenvalue weighted by Crippen LogP contribution is 2.26. The van der Waals surface area contributed by atoms with Crippen molar-refractivity contribution in [3.05, 3.63) is 101 Å². The summed E-state index contributed by atoms with van der Waals surface area (Å²) >= 11 is 0. The predicted molar refractivity (Wildman–Crippen MR) is 126 cm³/mol. The zero-order valence-electron chi connectivity index (χ0n) is 18.3. The first-order chi connectivity index (χ1) is 14.7. The van der Waals surface area contributed by atoms with Crippen LogP contribution in [0.5, 0.6) is 0 Å². The van der Waals surface area contributed by atoms with Gasteiger partial charge in [0.2, 0.25) is 10.0 Å². The van der Waals surface area contributed by atoms with Crippen LogP contribution < -0.4 is 9.62 Å². The van der Waals surface area contributed by atoms with Crippen molar-refractivity contribution >= 4 is 21.6 Å². The van der Waals surface area contributed by atoms with Crippen LogP contribution in [0.3, 0.4) is 0 Å². The summed E-state index contributed by atoms with van der Waals surface area (Å²) in [5, 5.41) is 3.01. The number of nitrogens with zero attached hydrogens (tertiary/aromatic N) is 1. The molecule has 0 fully saturated rings. The maximum absolute atomic E-state index is 13.2. The molecule has 31 heavy (non-hydrogen) atoms. The summed E-state index contributed by atoms with van der Waals surface area (Å²) in [4.78, 5) is 13.2. The number of benzene rings is 3. The minimum absolute atomic E-state index is 0.149. The van der Waals surface area contributed by atoms with Crippen molar-refractivity contribution in [2.75, 3.05) is 10.6 Å². The number of aryl methyl sites for hydroxylation is 2. The number of carbonyl (C=O) groups is 1. The van der Waals surface area contributed by atoms with E-state index in [1.807, 2.05) is 63.2 Å². The lowest BCUT2D eigenvalue weighted by molar-refractivity contribution is 0.0940. The monoisotopic (exact) mass is 436 g/mol. The molecule has 1 unspecified atom stereocenters. The molecule has 0 heterocycles. The summed E-state index contributed by atoms with van der Waals surface area (Å²) in [5.41, 5.74) is 4.87. The molecule has 3 aromatic carbocycles. The third kappa shape index (κ3) is 5.52. The highest BCUT2D eigenvalue weighted by Gasteiger charge is 2.24. The average molecular weight is 437 g/mol. The van der Waals surface area contributed by atoms with Crippen molar-refractivity contribution in [2.24, 2.45) is 0 Å². The van der Waals surface area contributed by atoms with Crippen LogP contribution in [0.15, 0.2) is 72.8 Å². The van der Waals surface area contributed by atoms with E-state index in [1.165, 1.54) is 9.87 Å². The summed E-state index contributed by atoms with van der Waals surface area (Å²) in [5.74, 6) is -0.317. The van der Waals surface area contributed by atoms with Crippen LogP contribution in [0.2, 0.25) is 0 Å². The van der Waals surface area contributed by atoms with Gasteiger partial charge in [0.15, 0.2) is 0 Å². The van der Waals surface area contributed by atoms with Crippen molar-refractivity contribution in [1.29, 1.82) is 0 Å². The van der Waals surface area contributed by atoms with Crippen molar-refractivity contribution in [3.8, 4) is 0 Å². The second kappa shape index (κ2) is 9.35. The van der Waals surface area contributed by atoms with Gasteiger partial charge in [0.05, 0.1) is 30.1 Å². The molecule has 0 saturated carbocycles. The molecular weight excluding hydrogens is 408 g/mol. The first-order valence-corrected chi connectivity index (χ1v) is 12.0. The average Bonchev–Trinajstić information content (AvgIpc) is 2.74. The van der Waals surface area contributed by atoms with Crippen LogP contribution in [0.25, 0.3) is 0 Å². The van der Waals surface area contributed by atoms with E-state index in [2.05, 4.69) is 11.4 Å². The number of anilines is 1. The normalized spacial score (nSPS) is 12.3. The maximum atomic E-state index is 13.2. The topological polar surface area (TPSA) is 66.5 Å². The van der Waals surface area contributed by atoms with E-state index in [0.717, 1.165) is 22.9 Å². The van der Waals surface area contributed by atoms with Crippen LogP contribution in [-0.2, 0) is 16.6 Å². The van der Waals surface area contributed by atoms with Gasteiger partial charge >= 0.3 is 0 Å². The Kier molecular flexibility index (Phi) is 6.81. The minimum Gasteiger partial charge on any atom is -0.345 e. The zero-order valence-corrected chi connectivity index (χ0v) is 19.1. The molecule has 6 heteroatoms. The molecule has 0 spiro atoms. The Labute approximate surface area is 184 Å². The molecule has 0 bridgehead atoms. The number of carbonyl (C=O) groups excluding carboxylic acids is 1. The van der Waals surface area contributed by atoms with E-state index >= 15 is 0 Å². The van der Waals surface area contributed by atoms with Crippen molar-refractivity contribution in [3.63, 3.8) is 0 Å². The molecular formula is C25H28N2O3S. The SMILES string of the molecule is Cc1ccc(C(C)NC(=O)c2ccccc2N(Cc2ccccc2)S(C)(=O)=O)cc1C. The second-order valence-corrected chi connectivity index (χ2v) is 9.72. The highest BCUT2D eigenvalue weighted by molar-refractivity contribution is 7.92. The van der Waals surface area contributed by atoms with E-state index in [1.54, 1.807) is 24.3 Å². The number of hydrogen-bond acceptors (Lipinski definition) is 3. The zero-order chi connectivity index (χ0) is 22.6. The van der Waals surface area contributed by atoms with Gasteiger partial charge in [0.1, 0.15) is 0 Å². The summed E-state index contributed by atoms with van der Waals surface area (Å²) in [6.07, 6.45) is 1.16. The molecule has 3 aromatic rings. The first kappa shape index (κ1) is 22.6. The van der Waals surface area contributed by atoms with Crippen molar-refractivity contribution < 1.29 is 13.2 Å². The third-order valence-corrected chi connectivity index (χ3v) is 6.49. The van der Waals surface area contributed by atoms with Gasteiger partial charge in [0.25, 0.3) is 5.91 Å². The fourth-order valence-corrected chi connectivity index (χ4v) is 4.31. The van der Waals surface area contributed by atoms with Gasteiger partial charge in [-0.1, -0.05) is 60.7 Å². The molecule has 0 aromatic heterocycles. The van der Waals surface area contributed by atoms with Gasteiger partial charge in [-0.2, -0.15) is 0 Å². The number of para-hydroxylation sites is 1. The molecule has 5 nitrogen and oxygen atoms in total. The van der Waals surface area contributed by atoms with Gasteiger partial charge < -0.3 is 5.32 Å². The third-order valence-electron chi connectivity index (χ3n) is 5.37. The van der Waals surface area contributed by atoms with Crippen LogP contribution in [-0.4, -0.2) is 20.6 Å². The van der Waals surface area contributed by atoms with Crippen LogP contribution in [0.4, 0.5) is 5.69 Å². The molecule has 162 valence electrons. The highest BCUT2D eigenvalue weighted by atomic mass is 32.2.